The number of rotatable bonds is 20. The van der Waals surface area contributed by atoms with Gasteiger partial charge in [0.15, 0.2) is 0 Å². The minimum atomic E-state index is -6.00. The molecule has 0 saturated heterocycles. The zero-order valence-corrected chi connectivity index (χ0v) is 46.7. The molecule has 11 nitrogen and oxygen atoms in total. The van der Waals surface area contributed by atoms with Crippen LogP contribution in [-0.2, 0) is 43.2 Å². The fourth-order valence-corrected chi connectivity index (χ4v) is 11.0. The molecule has 1 radical (unpaired) electrons. The van der Waals surface area contributed by atoms with Crippen molar-refractivity contribution in [2.45, 2.75) is 25.7 Å². The topological polar surface area (TPSA) is 117 Å². The fourth-order valence-electron chi connectivity index (χ4n) is 8.99. The number of halogens is 4. The molecule has 0 bridgehead atoms. The summed E-state index contributed by atoms with van der Waals surface area (Å²) in [6, 6.07) is 49.6. The van der Waals surface area contributed by atoms with Gasteiger partial charge in [0.05, 0.1) is 79.3 Å². The zero-order valence-electron chi connectivity index (χ0n) is 43.3. The van der Waals surface area contributed by atoms with Crippen molar-refractivity contribution < 1.29 is 86.3 Å². The second-order valence-electron chi connectivity index (χ2n) is 17.8. The van der Waals surface area contributed by atoms with Gasteiger partial charge < -0.3 is 57.7 Å². The number of benzene rings is 8. The molecule has 0 saturated carbocycles. The van der Waals surface area contributed by atoms with E-state index < -0.39 is 23.7 Å². The summed E-state index contributed by atoms with van der Waals surface area (Å²) in [6.07, 6.45) is 14.0. The van der Waals surface area contributed by atoms with Crippen LogP contribution in [0.3, 0.4) is 0 Å². The predicted octanol–water partition coefficient (Wildman–Crippen LogP) is 17.1. The SMILES string of the molecule is C1=C\CC/C=C\CC/1.F[B-](F)(F)F.[Rh].c1ccc2c(c1)ccc1op(OCCOCCOCCOCCOCCOCCOp3oc4ccc5ccccc5c4c4c(ccc5ccccc54)o3)oc3ccc4ccccc4c3c12. The van der Waals surface area contributed by atoms with Crippen LogP contribution in [0.1, 0.15) is 25.7 Å². The first-order valence-corrected chi connectivity index (χ1v) is 28.2. The van der Waals surface area contributed by atoms with Crippen LogP contribution >= 0.6 is 16.5 Å². The van der Waals surface area contributed by atoms with Crippen molar-refractivity contribution in [2.75, 3.05) is 79.3 Å². The van der Waals surface area contributed by atoms with Gasteiger partial charge in [0.2, 0.25) is 0 Å². The van der Waals surface area contributed by atoms with E-state index in [4.69, 9.17) is 49.5 Å². The van der Waals surface area contributed by atoms with Gasteiger partial charge in [-0.3, -0.25) is 9.05 Å². The number of hydrogen-bond acceptors (Lipinski definition) is 11. The summed E-state index contributed by atoms with van der Waals surface area (Å²) in [6.45, 7) is 4.95. The molecule has 10 aromatic rings. The average Bonchev–Trinajstić information content (AvgIpc) is 3.83. The van der Waals surface area contributed by atoms with Gasteiger partial charge in [-0.05, 0) is 93.0 Å². The monoisotopic (exact) mass is 1210 g/mol. The zero-order chi connectivity index (χ0) is 53.8. The molecule has 2 heterocycles. The Kier molecular flexibility index (Phi) is 23.1. The molecule has 0 atom stereocenters. The van der Waals surface area contributed by atoms with Gasteiger partial charge in [-0.1, -0.05) is 146 Å². The van der Waals surface area contributed by atoms with Crippen LogP contribution in [0.4, 0.5) is 17.3 Å². The Morgan fingerprint density at radius 2 is 0.532 bits per heavy atom. The molecular weight excluding hydrogens is 1150 g/mol. The first-order chi connectivity index (χ1) is 38.3. The molecule has 0 amide bonds. The van der Waals surface area contributed by atoms with Crippen LogP contribution in [0, 0.1) is 0 Å². The number of fused-ring (bicyclic) bond motifs is 14. The van der Waals surface area contributed by atoms with Crippen molar-refractivity contribution in [3.63, 3.8) is 0 Å². The van der Waals surface area contributed by atoms with Gasteiger partial charge in [0, 0.05) is 41.0 Å². The van der Waals surface area contributed by atoms with Gasteiger partial charge in [0.1, 0.15) is 22.3 Å². The number of ether oxygens (including phenoxy) is 5. The standard InChI is InChI=1S/C52H48O11P2.C8H12.BF4.Rh/c1-5-13-41-37(9-1)17-21-45-49(41)50-42-14-6-2-10-38(42)18-22-46(50)61-64(60-45)58-35-33-56-31-29-54-27-25-53-26-28-55-30-32-57-34-36-59-65-62-47-23-19-39-11-3-7-15-43(39)51(47)52-44-16-8-4-12-40(44)20-24-48(52)63-65;1-2-4-6-8-7-5-3-1;2-1(3,4)5;/h1-24H,25-36H2;1-2,7-8H,3-6H2;;/q;;-1;/b;2-1-,8-7-;;. The van der Waals surface area contributed by atoms with E-state index in [9.17, 15) is 17.3 Å². The van der Waals surface area contributed by atoms with Crippen LogP contribution < -0.4 is 9.05 Å². The molecule has 11 rings (SSSR count). The molecule has 2 aromatic heterocycles. The average molecular weight is 1210 g/mol. The molecule has 0 spiro atoms. The second kappa shape index (κ2) is 30.7. The van der Waals surface area contributed by atoms with Gasteiger partial charge in [-0.15, -0.1) is 0 Å². The second-order valence-corrected chi connectivity index (χ2v) is 19.9. The molecule has 0 fully saturated rings. The number of allylic oxidation sites excluding steroid dienone is 4. The molecule has 417 valence electrons. The molecule has 0 unspecified atom stereocenters. The van der Waals surface area contributed by atoms with Crippen molar-refractivity contribution >= 4 is 111 Å². The largest absolute Gasteiger partial charge is 0.673 e. The van der Waals surface area contributed by atoms with Gasteiger partial charge in [-0.2, -0.15) is 0 Å². The Balaban J connectivity index is 0.000000521. The molecule has 79 heavy (non-hydrogen) atoms. The van der Waals surface area contributed by atoms with Gasteiger partial charge in [-0.25, -0.2) is 0 Å². The third kappa shape index (κ3) is 17.1. The van der Waals surface area contributed by atoms with Crippen molar-refractivity contribution in [1.29, 1.82) is 0 Å². The third-order valence-electron chi connectivity index (χ3n) is 12.4. The molecule has 0 N–H and O–H groups in total. The Bertz CT molecular complexity index is 3260. The van der Waals surface area contributed by atoms with Crippen LogP contribution in [0.15, 0.2) is 187 Å². The van der Waals surface area contributed by atoms with Crippen molar-refractivity contribution in [2.24, 2.45) is 0 Å². The Morgan fingerprint density at radius 1 is 0.316 bits per heavy atom. The maximum Gasteiger partial charge on any atom is 0.673 e. The Labute approximate surface area is 469 Å². The van der Waals surface area contributed by atoms with E-state index in [0.29, 0.717) is 79.3 Å². The fraction of sp³-hybridized carbons (Fsp3) is 0.267. The smallest absolute Gasteiger partial charge is 0.418 e. The van der Waals surface area contributed by atoms with E-state index in [-0.39, 0.29) is 19.5 Å². The predicted molar refractivity (Wildman–Crippen MR) is 307 cm³/mol. The third-order valence-corrected chi connectivity index (χ3v) is 14.6. The molecule has 1 aliphatic carbocycles. The quantitative estimate of drug-likeness (QED) is 0.0314. The van der Waals surface area contributed by atoms with Gasteiger partial charge in [0.25, 0.3) is 0 Å². The van der Waals surface area contributed by atoms with Gasteiger partial charge >= 0.3 is 23.7 Å². The Morgan fingerprint density at radius 3 is 0.772 bits per heavy atom. The summed E-state index contributed by atoms with van der Waals surface area (Å²) in [4.78, 5) is 0. The minimum absolute atomic E-state index is 0. The minimum Gasteiger partial charge on any atom is -0.418 e. The summed E-state index contributed by atoms with van der Waals surface area (Å²) < 4.78 is 105. The van der Waals surface area contributed by atoms with Crippen LogP contribution in [0.5, 0.6) is 0 Å². The van der Waals surface area contributed by atoms with E-state index >= 15 is 0 Å². The van der Waals surface area contributed by atoms with E-state index in [2.05, 4.69) is 97.1 Å². The summed E-state index contributed by atoms with van der Waals surface area (Å²) in [5.41, 5.74) is 2.94. The molecule has 19 heteroatoms. The van der Waals surface area contributed by atoms with E-state index in [1.165, 1.54) is 25.7 Å². The summed E-state index contributed by atoms with van der Waals surface area (Å²) in [5.74, 6) is 0. The molecular formula is C60H60BF4O11P2Rh-. The first-order valence-electron chi connectivity index (χ1n) is 26.0. The van der Waals surface area contributed by atoms with Crippen LogP contribution in [-0.4, -0.2) is 86.5 Å². The first kappa shape index (κ1) is 59.3. The van der Waals surface area contributed by atoms with E-state index in [1.54, 1.807) is 0 Å². The Hall–Kier alpha value is -5.79. The maximum absolute atomic E-state index is 9.75. The molecule has 0 aliphatic heterocycles. The van der Waals surface area contributed by atoms with Crippen molar-refractivity contribution in [3.8, 4) is 0 Å². The molecule has 1 aliphatic rings. The van der Waals surface area contributed by atoms with Crippen LogP contribution in [0.2, 0.25) is 0 Å². The maximum atomic E-state index is 9.75. The normalized spacial score (nSPS) is 13.4. The number of hydrogen-bond donors (Lipinski definition) is 0. The van der Waals surface area contributed by atoms with Crippen LogP contribution in [0.25, 0.3) is 87.0 Å². The summed E-state index contributed by atoms with van der Waals surface area (Å²) >= 11 is 0. The van der Waals surface area contributed by atoms with E-state index in [0.717, 1.165) is 87.0 Å². The summed E-state index contributed by atoms with van der Waals surface area (Å²) in [7, 11) is -9.42. The molecule has 8 aromatic carbocycles. The van der Waals surface area contributed by atoms with Crippen molar-refractivity contribution in [3.05, 3.63) is 170 Å². The summed E-state index contributed by atoms with van der Waals surface area (Å²) in [5, 5.41) is 13.0. The van der Waals surface area contributed by atoms with Crippen molar-refractivity contribution in [1.82, 2.24) is 0 Å². The van der Waals surface area contributed by atoms with E-state index in [1.807, 2.05) is 72.8 Å².